The van der Waals surface area contributed by atoms with Crippen molar-refractivity contribution in [1.82, 2.24) is 4.90 Å². The molecule has 2 saturated heterocycles. The molecule has 1 aliphatic carbocycles. The summed E-state index contributed by atoms with van der Waals surface area (Å²) in [7, 11) is 1.49. The lowest BCUT2D eigenvalue weighted by Gasteiger charge is -2.44. The van der Waals surface area contributed by atoms with Crippen LogP contribution in [0.3, 0.4) is 0 Å². The van der Waals surface area contributed by atoms with Crippen molar-refractivity contribution in [3.63, 3.8) is 0 Å². The third kappa shape index (κ3) is 3.17. The van der Waals surface area contributed by atoms with Crippen LogP contribution in [-0.2, 0) is 20.9 Å². The molecule has 3 heterocycles. The number of ether oxygens (including phenoxy) is 2. The Kier molecular flexibility index (Phi) is 4.88. The minimum atomic E-state index is -1.63. The van der Waals surface area contributed by atoms with Crippen LogP contribution in [-0.4, -0.2) is 46.4 Å². The Morgan fingerprint density at radius 1 is 1.13 bits per heavy atom. The van der Waals surface area contributed by atoms with Crippen LogP contribution in [0.15, 0.2) is 46.9 Å². The Labute approximate surface area is 179 Å². The lowest BCUT2D eigenvalue weighted by Crippen LogP contribution is -2.55. The number of carbonyl (C=O) groups is 2. The highest BCUT2D eigenvalue weighted by Gasteiger charge is 2.66. The van der Waals surface area contributed by atoms with E-state index in [-0.39, 0.29) is 25.0 Å². The van der Waals surface area contributed by atoms with E-state index >= 15 is 0 Å². The largest absolute Gasteiger partial charge is 0.493 e. The van der Waals surface area contributed by atoms with Crippen LogP contribution in [0.4, 0.5) is 0 Å². The minimum Gasteiger partial charge on any atom is -0.493 e. The predicted molar refractivity (Wildman–Crippen MR) is 106 cm³/mol. The standard InChI is InChI=1S/C23H25NO7/c1-24-21(26)16-9-13(12-29-14-5-3-2-4-6-14)23(28)17(20(16)22(24)27)10-19(31-23)18-8-7-15(11-25)30-18/h2-8,13,16-17,19-20,25,28H,9-12H2,1H3/t13-,16+,17+,19+,20+,23-/m1/s1. The summed E-state index contributed by atoms with van der Waals surface area (Å²) < 4.78 is 17.7. The highest BCUT2D eigenvalue weighted by Crippen LogP contribution is 2.58. The summed E-state index contributed by atoms with van der Waals surface area (Å²) in [5.41, 5.74) is 0. The quantitative estimate of drug-likeness (QED) is 0.701. The van der Waals surface area contributed by atoms with Gasteiger partial charge in [-0.15, -0.1) is 0 Å². The van der Waals surface area contributed by atoms with Gasteiger partial charge < -0.3 is 24.1 Å². The molecule has 0 radical (unpaired) electrons. The van der Waals surface area contributed by atoms with E-state index in [0.717, 1.165) is 0 Å². The highest BCUT2D eigenvalue weighted by molar-refractivity contribution is 6.05. The number of hydrogen-bond acceptors (Lipinski definition) is 7. The summed E-state index contributed by atoms with van der Waals surface area (Å²) in [5, 5.41) is 21.0. The van der Waals surface area contributed by atoms with E-state index in [2.05, 4.69) is 0 Å². The van der Waals surface area contributed by atoms with E-state index in [4.69, 9.17) is 13.9 Å². The van der Waals surface area contributed by atoms with Gasteiger partial charge in [-0.3, -0.25) is 14.5 Å². The molecule has 8 heteroatoms. The van der Waals surface area contributed by atoms with E-state index in [1.807, 2.05) is 30.3 Å². The summed E-state index contributed by atoms with van der Waals surface area (Å²) >= 11 is 0. The molecule has 1 aromatic heterocycles. The topological polar surface area (TPSA) is 109 Å². The van der Waals surface area contributed by atoms with Gasteiger partial charge in [-0.05, 0) is 37.1 Å². The average molecular weight is 427 g/mol. The van der Waals surface area contributed by atoms with Gasteiger partial charge in [0.15, 0.2) is 5.79 Å². The van der Waals surface area contributed by atoms with Crippen molar-refractivity contribution in [1.29, 1.82) is 0 Å². The van der Waals surface area contributed by atoms with Crippen molar-refractivity contribution in [2.75, 3.05) is 13.7 Å². The number of amides is 2. The van der Waals surface area contributed by atoms with Crippen molar-refractivity contribution in [3.8, 4) is 5.75 Å². The molecule has 3 fully saturated rings. The number of aliphatic hydroxyl groups is 2. The Hall–Kier alpha value is -2.68. The van der Waals surface area contributed by atoms with E-state index in [9.17, 15) is 19.8 Å². The van der Waals surface area contributed by atoms with Gasteiger partial charge in [0.2, 0.25) is 11.8 Å². The third-order valence-corrected chi connectivity index (χ3v) is 6.93. The monoisotopic (exact) mass is 427 g/mol. The van der Waals surface area contributed by atoms with Gasteiger partial charge in [0, 0.05) is 18.9 Å². The first-order valence-electron chi connectivity index (χ1n) is 10.5. The van der Waals surface area contributed by atoms with Crippen LogP contribution in [0, 0.1) is 23.7 Å². The molecular formula is C23H25NO7. The second-order valence-corrected chi connectivity index (χ2v) is 8.59. The summed E-state index contributed by atoms with van der Waals surface area (Å²) in [6.45, 7) is -0.0887. The van der Waals surface area contributed by atoms with Crippen molar-refractivity contribution in [3.05, 3.63) is 54.0 Å². The Morgan fingerprint density at radius 3 is 2.61 bits per heavy atom. The number of likely N-dealkylation sites (tertiary alicyclic amines) is 1. The van der Waals surface area contributed by atoms with Gasteiger partial charge in [0.1, 0.15) is 30.0 Å². The molecule has 6 atom stereocenters. The van der Waals surface area contributed by atoms with Crippen LogP contribution < -0.4 is 4.74 Å². The van der Waals surface area contributed by atoms with Gasteiger partial charge in [0.05, 0.1) is 18.4 Å². The van der Waals surface area contributed by atoms with Crippen LogP contribution >= 0.6 is 0 Å². The fraction of sp³-hybridized carbons (Fsp3) is 0.478. The molecular weight excluding hydrogens is 402 g/mol. The minimum absolute atomic E-state index is 0.151. The summed E-state index contributed by atoms with van der Waals surface area (Å²) in [5.74, 6) is -2.79. The number of rotatable bonds is 5. The smallest absolute Gasteiger partial charge is 0.233 e. The van der Waals surface area contributed by atoms with Gasteiger partial charge >= 0.3 is 0 Å². The summed E-state index contributed by atoms with van der Waals surface area (Å²) in [4.78, 5) is 26.8. The first-order chi connectivity index (χ1) is 14.9. The van der Waals surface area contributed by atoms with Crippen molar-refractivity contribution in [2.45, 2.75) is 31.3 Å². The second-order valence-electron chi connectivity index (χ2n) is 8.59. The fourth-order valence-electron chi connectivity index (χ4n) is 5.38. The number of furan rings is 1. The number of imide groups is 1. The maximum atomic E-state index is 12.9. The molecule has 3 aliphatic rings. The zero-order valence-electron chi connectivity index (χ0n) is 17.1. The first kappa shape index (κ1) is 20.2. The number of hydrogen-bond donors (Lipinski definition) is 2. The molecule has 1 aromatic carbocycles. The number of fused-ring (bicyclic) bond motifs is 3. The number of para-hydroxylation sites is 1. The molecule has 31 heavy (non-hydrogen) atoms. The molecule has 5 rings (SSSR count). The van der Waals surface area contributed by atoms with E-state index in [0.29, 0.717) is 30.1 Å². The van der Waals surface area contributed by atoms with Crippen LogP contribution in [0.2, 0.25) is 0 Å². The predicted octanol–water partition coefficient (Wildman–Crippen LogP) is 1.87. The normalized spacial score (nSPS) is 34.7. The number of nitrogens with zero attached hydrogens (tertiary/aromatic N) is 1. The molecule has 1 saturated carbocycles. The van der Waals surface area contributed by atoms with Crippen molar-refractivity contribution >= 4 is 11.8 Å². The van der Waals surface area contributed by atoms with Crippen LogP contribution in [0.25, 0.3) is 0 Å². The molecule has 2 amide bonds. The van der Waals surface area contributed by atoms with Crippen molar-refractivity contribution in [2.24, 2.45) is 23.7 Å². The average Bonchev–Trinajstić information content (AvgIpc) is 3.45. The van der Waals surface area contributed by atoms with Gasteiger partial charge in [0.25, 0.3) is 0 Å². The Morgan fingerprint density at radius 2 is 1.90 bits per heavy atom. The molecule has 164 valence electrons. The molecule has 2 aromatic rings. The fourth-order valence-corrected chi connectivity index (χ4v) is 5.38. The molecule has 2 N–H and O–H groups in total. The first-order valence-corrected chi connectivity index (χ1v) is 10.5. The zero-order valence-corrected chi connectivity index (χ0v) is 17.1. The summed E-state index contributed by atoms with van der Waals surface area (Å²) in [6, 6.07) is 12.6. The van der Waals surface area contributed by atoms with Crippen molar-refractivity contribution < 1.29 is 33.7 Å². The maximum Gasteiger partial charge on any atom is 0.233 e. The van der Waals surface area contributed by atoms with E-state index in [1.165, 1.54) is 11.9 Å². The maximum absolute atomic E-state index is 12.9. The molecule has 0 spiro atoms. The Balaban J connectivity index is 1.46. The van der Waals surface area contributed by atoms with Gasteiger partial charge in [-0.2, -0.15) is 0 Å². The van der Waals surface area contributed by atoms with Crippen LogP contribution in [0.5, 0.6) is 5.75 Å². The number of aliphatic hydroxyl groups excluding tert-OH is 1. The second kappa shape index (κ2) is 7.47. The SMILES string of the molecule is CN1C(=O)[C@H]2[C@H](C[C@H](COc3ccccc3)[C@@]3(O)O[C@H](c4ccc(CO)o4)C[C@@H]23)C1=O. The molecule has 0 unspecified atom stereocenters. The van der Waals surface area contributed by atoms with Crippen LogP contribution in [0.1, 0.15) is 30.5 Å². The van der Waals surface area contributed by atoms with E-state index in [1.54, 1.807) is 12.1 Å². The molecule has 8 nitrogen and oxygen atoms in total. The highest BCUT2D eigenvalue weighted by atomic mass is 16.6. The van der Waals surface area contributed by atoms with E-state index < -0.39 is 35.6 Å². The molecule has 0 bridgehead atoms. The third-order valence-electron chi connectivity index (χ3n) is 6.93. The number of carbonyl (C=O) groups excluding carboxylic acids is 2. The Bertz CT molecular complexity index is 989. The summed E-state index contributed by atoms with van der Waals surface area (Å²) in [6.07, 6.45) is 0.0544. The lowest BCUT2D eigenvalue weighted by atomic mass is 9.64. The molecule has 2 aliphatic heterocycles. The van der Waals surface area contributed by atoms with Gasteiger partial charge in [-0.25, -0.2) is 0 Å². The lowest BCUT2D eigenvalue weighted by molar-refractivity contribution is -0.274. The number of benzene rings is 1. The van der Waals surface area contributed by atoms with Gasteiger partial charge in [-0.1, -0.05) is 18.2 Å². The zero-order chi connectivity index (χ0) is 21.8.